The lowest BCUT2D eigenvalue weighted by molar-refractivity contribution is -0.133. The highest BCUT2D eigenvalue weighted by atomic mass is 35.5. The van der Waals surface area contributed by atoms with Crippen molar-refractivity contribution >= 4 is 36.4 Å². The van der Waals surface area contributed by atoms with Crippen LogP contribution in [0.25, 0.3) is 0 Å². The SMILES string of the molecule is COc1cc(F)ccc1N1CCN(C(=O)[C@@H]2C[C@H](OC)CN2)CC1.Cl.Cl. The summed E-state index contributed by atoms with van der Waals surface area (Å²) in [5, 5.41) is 3.23. The highest BCUT2D eigenvalue weighted by Crippen LogP contribution is 2.29. The van der Waals surface area contributed by atoms with E-state index in [1.165, 1.54) is 19.2 Å². The van der Waals surface area contributed by atoms with Gasteiger partial charge in [0, 0.05) is 45.9 Å². The number of hydrogen-bond donors (Lipinski definition) is 1. The normalized spacial score (nSPS) is 22.4. The van der Waals surface area contributed by atoms with E-state index in [1.54, 1.807) is 13.2 Å². The third kappa shape index (κ3) is 4.91. The van der Waals surface area contributed by atoms with E-state index in [9.17, 15) is 9.18 Å². The lowest BCUT2D eigenvalue weighted by atomic mass is 10.1. The van der Waals surface area contributed by atoms with Gasteiger partial charge in [0.2, 0.25) is 5.91 Å². The van der Waals surface area contributed by atoms with Crippen LogP contribution >= 0.6 is 24.8 Å². The number of hydrogen-bond acceptors (Lipinski definition) is 5. The molecule has 0 radical (unpaired) electrons. The summed E-state index contributed by atoms with van der Waals surface area (Å²) in [6.45, 7) is 3.42. The van der Waals surface area contributed by atoms with Gasteiger partial charge in [-0.25, -0.2) is 4.39 Å². The number of nitrogens with one attached hydrogen (secondary N) is 1. The second-order valence-corrected chi connectivity index (χ2v) is 6.18. The van der Waals surface area contributed by atoms with Gasteiger partial charge in [0.15, 0.2) is 0 Å². The van der Waals surface area contributed by atoms with Gasteiger partial charge in [-0.05, 0) is 18.6 Å². The number of piperazine rings is 1. The molecular weight excluding hydrogens is 384 g/mol. The zero-order chi connectivity index (χ0) is 17.1. The molecule has 2 aliphatic heterocycles. The molecule has 9 heteroatoms. The third-order valence-electron chi connectivity index (χ3n) is 4.80. The molecule has 0 aliphatic carbocycles. The molecule has 2 saturated heterocycles. The molecule has 0 saturated carbocycles. The first-order valence-corrected chi connectivity index (χ1v) is 8.26. The van der Waals surface area contributed by atoms with Crippen molar-refractivity contribution in [2.45, 2.75) is 18.6 Å². The zero-order valence-electron chi connectivity index (χ0n) is 14.9. The van der Waals surface area contributed by atoms with E-state index >= 15 is 0 Å². The second-order valence-electron chi connectivity index (χ2n) is 6.18. The smallest absolute Gasteiger partial charge is 0.239 e. The van der Waals surface area contributed by atoms with Gasteiger partial charge in [-0.15, -0.1) is 24.8 Å². The van der Waals surface area contributed by atoms with Crippen LogP contribution in [0.5, 0.6) is 5.75 Å². The molecule has 1 aromatic carbocycles. The van der Waals surface area contributed by atoms with E-state index in [0.29, 0.717) is 31.9 Å². The topological polar surface area (TPSA) is 54.0 Å². The van der Waals surface area contributed by atoms with Crippen molar-refractivity contribution in [1.82, 2.24) is 10.2 Å². The van der Waals surface area contributed by atoms with Crippen molar-refractivity contribution in [1.29, 1.82) is 0 Å². The minimum absolute atomic E-state index is 0. The van der Waals surface area contributed by atoms with Crippen LogP contribution < -0.4 is 15.0 Å². The molecule has 1 N–H and O–H groups in total. The summed E-state index contributed by atoms with van der Waals surface area (Å²) >= 11 is 0. The molecule has 0 unspecified atom stereocenters. The fourth-order valence-corrected chi connectivity index (χ4v) is 3.37. The van der Waals surface area contributed by atoms with Crippen LogP contribution in [0.1, 0.15) is 6.42 Å². The summed E-state index contributed by atoms with van der Waals surface area (Å²) in [5.41, 5.74) is 0.865. The standard InChI is InChI=1S/C17H24FN3O3.2ClH/c1-23-13-10-14(19-11-13)17(22)21-7-5-20(6-8-21)15-4-3-12(18)9-16(15)24-2;;/h3-4,9,13-14,19H,5-8,10-11H2,1-2H3;2*1H/t13-,14-;;/m0../s1. The van der Waals surface area contributed by atoms with Crippen LogP contribution in [0, 0.1) is 5.82 Å². The van der Waals surface area contributed by atoms with Crippen molar-refractivity contribution in [3.8, 4) is 5.75 Å². The lowest BCUT2D eigenvalue weighted by Gasteiger charge is -2.37. The van der Waals surface area contributed by atoms with Crippen molar-refractivity contribution < 1.29 is 18.7 Å². The number of amides is 1. The molecule has 1 aromatic rings. The second kappa shape index (κ2) is 10.2. The van der Waals surface area contributed by atoms with Gasteiger partial charge in [-0.1, -0.05) is 0 Å². The Balaban J connectivity index is 0.00000169. The van der Waals surface area contributed by atoms with Crippen molar-refractivity contribution in [3.05, 3.63) is 24.0 Å². The number of carbonyl (C=O) groups excluding carboxylic acids is 1. The highest BCUT2D eigenvalue weighted by molar-refractivity contribution is 5.85. The zero-order valence-corrected chi connectivity index (χ0v) is 16.6. The van der Waals surface area contributed by atoms with Crippen LogP contribution in [0.3, 0.4) is 0 Å². The molecule has 2 heterocycles. The summed E-state index contributed by atoms with van der Waals surface area (Å²) < 4.78 is 23.9. The molecule has 0 aromatic heterocycles. The number of carbonyl (C=O) groups is 1. The quantitative estimate of drug-likeness (QED) is 0.819. The average molecular weight is 410 g/mol. The van der Waals surface area contributed by atoms with Crippen molar-refractivity contribution in [2.75, 3.05) is 51.8 Å². The molecule has 148 valence electrons. The van der Waals surface area contributed by atoms with Gasteiger partial charge in [-0.2, -0.15) is 0 Å². The number of rotatable bonds is 4. The average Bonchev–Trinajstić information content (AvgIpc) is 3.10. The molecule has 1 amide bonds. The fraction of sp³-hybridized carbons (Fsp3) is 0.588. The summed E-state index contributed by atoms with van der Waals surface area (Å²) in [6, 6.07) is 4.40. The van der Waals surface area contributed by atoms with E-state index in [4.69, 9.17) is 9.47 Å². The maximum atomic E-state index is 13.3. The largest absolute Gasteiger partial charge is 0.494 e. The molecule has 3 rings (SSSR count). The van der Waals surface area contributed by atoms with Crippen molar-refractivity contribution in [3.63, 3.8) is 0 Å². The fourth-order valence-electron chi connectivity index (χ4n) is 3.37. The number of nitrogens with zero attached hydrogens (tertiary/aromatic N) is 2. The number of methoxy groups -OCH3 is 2. The number of benzene rings is 1. The maximum Gasteiger partial charge on any atom is 0.239 e. The Morgan fingerprint density at radius 3 is 2.46 bits per heavy atom. The third-order valence-corrected chi connectivity index (χ3v) is 4.80. The predicted octanol–water partition coefficient (Wildman–Crippen LogP) is 1.70. The van der Waals surface area contributed by atoms with Gasteiger partial charge in [0.05, 0.1) is 24.9 Å². The van der Waals surface area contributed by atoms with Crippen molar-refractivity contribution in [2.24, 2.45) is 0 Å². The van der Waals surface area contributed by atoms with Gasteiger partial charge in [-0.3, -0.25) is 4.79 Å². The molecule has 6 nitrogen and oxygen atoms in total. The Kier molecular flexibility index (Phi) is 8.89. The molecule has 2 atom stereocenters. The first kappa shape index (κ1) is 22.8. The van der Waals surface area contributed by atoms with Gasteiger partial charge in [0.25, 0.3) is 0 Å². The summed E-state index contributed by atoms with van der Waals surface area (Å²) in [6.07, 6.45) is 0.838. The summed E-state index contributed by atoms with van der Waals surface area (Å²) in [7, 11) is 3.21. The number of ether oxygens (including phenoxy) is 2. The van der Waals surface area contributed by atoms with E-state index in [-0.39, 0.29) is 48.7 Å². The molecule has 26 heavy (non-hydrogen) atoms. The molecule has 2 aliphatic rings. The van der Waals surface area contributed by atoms with Crippen LogP contribution in [-0.4, -0.2) is 69.9 Å². The first-order chi connectivity index (χ1) is 11.6. The van der Waals surface area contributed by atoms with Gasteiger partial charge < -0.3 is 24.6 Å². The van der Waals surface area contributed by atoms with Crippen LogP contribution in [0.4, 0.5) is 10.1 Å². The minimum Gasteiger partial charge on any atom is -0.494 e. The number of anilines is 1. The molecule has 0 spiro atoms. The monoisotopic (exact) mass is 409 g/mol. The first-order valence-electron chi connectivity index (χ1n) is 8.26. The molecule has 2 fully saturated rings. The van der Waals surface area contributed by atoms with Gasteiger partial charge >= 0.3 is 0 Å². The summed E-state index contributed by atoms with van der Waals surface area (Å²) in [4.78, 5) is 16.6. The van der Waals surface area contributed by atoms with E-state index < -0.39 is 0 Å². The van der Waals surface area contributed by atoms with Crippen LogP contribution in [-0.2, 0) is 9.53 Å². The van der Waals surface area contributed by atoms with E-state index in [0.717, 1.165) is 18.7 Å². The van der Waals surface area contributed by atoms with E-state index in [2.05, 4.69) is 10.2 Å². The molecule has 0 bridgehead atoms. The summed E-state index contributed by atoms with van der Waals surface area (Å²) in [5.74, 6) is 0.347. The minimum atomic E-state index is -0.315. The van der Waals surface area contributed by atoms with Crippen LogP contribution in [0.15, 0.2) is 18.2 Å². The molecular formula is C17H26Cl2FN3O3. The van der Waals surface area contributed by atoms with Crippen LogP contribution in [0.2, 0.25) is 0 Å². The Morgan fingerprint density at radius 1 is 1.19 bits per heavy atom. The van der Waals surface area contributed by atoms with E-state index in [1.807, 2.05) is 4.90 Å². The Morgan fingerprint density at radius 2 is 1.88 bits per heavy atom. The highest BCUT2D eigenvalue weighted by Gasteiger charge is 2.33. The lowest BCUT2D eigenvalue weighted by Crippen LogP contribution is -2.53. The Hall–Kier alpha value is -1.28. The Labute approximate surface area is 165 Å². The Bertz CT molecular complexity index is 601. The van der Waals surface area contributed by atoms with Gasteiger partial charge in [0.1, 0.15) is 11.6 Å². The predicted molar refractivity (Wildman–Crippen MR) is 103 cm³/mol. The number of halogens is 3. The maximum absolute atomic E-state index is 13.3.